The van der Waals surface area contributed by atoms with Gasteiger partial charge in [0.05, 0.1) is 12.2 Å². The van der Waals surface area contributed by atoms with Gasteiger partial charge in [0.2, 0.25) is 0 Å². The largest absolute Gasteiger partial charge is 0.458 e. The van der Waals surface area contributed by atoms with E-state index in [1.54, 1.807) is 18.2 Å². The molecule has 1 aromatic carbocycles. The van der Waals surface area contributed by atoms with Crippen LogP contribution in [0.1, 0.15) is 104 Å². The Hall–Kier alpha value is -1.60. The highest BCUT2D eigenvalue weighted by Gasteiger charge is 2.69. The smallest absolute Gasteiger partial charge is 0.303 e. The minimum atomic E-state index is -2.85. The van der Waals surface area contributed by atoms with Crippen molar-refractivity contribution in [2.75, 3.05) is 0 Å². The number of ether oxygens (including phenoxy) is 1. The summed E-state index contributed by atoms with van der Waals surface area (Å²) in [6.45, 7) is 7.91. The Labute approximate surface area is 237 Å². The van der Waals surface area contributed by atoms with Crippen molar-refractivity contribution < 1.29 is 32.9 Å². The van der Waals surface area contributed by atoms with Crippen LogP contribution in [0.2, 0.25) is 0 Å². The summed E-state index contributed by atoms with van der Waals surface area (Å²) >= 11 is 0. The zero-order chi connectivity index (χ0) is 29.0. The number of hydrogen-bond acceptors (Lipinski definition) is 4. The standard InChI is InChI=1S/C33H47F3O4/c1-19(8-7-11-28(40-20(2)37)21-9-5-6-10-26(21)34)22-12-13-23-29-24(14-16-31(22,23)3)32(4)17-15-27(38)30(39)25(32)18-33(29,35)36/h5-6,9-10,19,22-25,27-30,38-39H,7-8,11-18H2,1-4H3/t19-,22-,23+,24+,25+,27+,28?,29+,30-,31-,32-/m1/s1. The van der Waals surface area contributed by atoms with E-state index in [1.807, 2.05) is 0 Å². The summed E-state index contributed by atoms with van der Waals surface area (Å²) in [4.78, 5) is 11.7. The molecule has 0 bridgehead atoms. The summed E-state index contributed by atoms with van der Waals surface area (Å²) < 4.78 is 52.0. The van der Waals surface area contributed by atoms with Gasteiger partial charge in [-0.05, 0) is 97.9 Å². The quantitative estimate of drug-likeness (QED) is 0.337. The maximum Gasteiger partial charge on any atom is 0.303 e. The van der Waals surface area contributed by atoms with E-state index < -0.39 is 42.0 Å². The van der Waals surface area contributed by atoms with Gasteiger partial charge in [0.25, 0.3) is 5.92 Å². The summed E-state index contributed by atoms with van der Waals surface area (Å²) in [5.74, 6) is -4.45. The predicted octanol–water partition coefficient (Wildman–Crippen LogP) is 7.47. The Morgan fingerprint density at radius 3 is 2.38 bits per heavy atom. The average Bonchev–Trinajstić information content (AvgIpc) is 3.24. The van der Waals surface area contributed by atoms with Crippen LogP contribution in [0.3, 0.4) is 0 Å². The van der Waals surface area contributed by atoms with E-state index in [9.17, 15) is 19.4 Å². The monoisotopic (exact) mass is 564 g/mol. The second-order valence-electron chi connectivity index (χ2n) is 14.2. The van der Waals surface area contributed by atoms with Crippen LogP contribution < -0.4 is 0 Å². The Balaban J connectivity index is 1.28. The van der Waals surface area contributed by atoms with Gasteiger partial charge in [0.15, 0.2) is 0 Å². The van der Waals surface area contributed by atoms with Gasteiger partial charge in [-0.3, -0.25) is 4.79 Å². The summed E-state index contributed by atoms with van der Waals surface area (Å²) in [7, 11) is 0. The molecule has 2 N–H and O–H groups in total. The number of carbonyl (C=O) groups is 1. The van der Waals surface area contributed by atoms with Gasteiger partial charge in [-0.25, -0.2) is 13.2 Å². The molecule has 1 aromatic rings. The first-order chi connectivity index (χ1) is 18.8. The van der Waals surface area contributed by atoms with E-state index in [0.29, 0.717) is 36.7 Å². The number of fused-ring (bicyclic) bond motifs is 5. The van der Waals surface area contributed by atoms with Crippen molar-refractivity contribution in [3.63, 3.8) is 0 Å². The Morgan fingerprint density at radius 2 is 1.68 bits per heavy atom. The zero-order valence-electron chi connectivity index (χ0n) is 24.4. The highest BCUT2D eigenvalue weighted by molar-refractivity contribution is 5.66. The number of aliphatic hydroxyl groups excluding tert-OH is 2. The summed E-state index contributed by atoms with van der Waals surface area (Å²) in [6.07, 6.45) is 3.77. The molecule has 4 nitrogen and oxygen atoms in total. The first-order valence-corrected chi connectivity index (χ1v) is 15.4. The van der Waals surface area contributed by atoms with Crippen molar-refractivity contribution in [1.29, 1.82) is 0 Å². The normalized spacial score (nSPS) is 41.8. The fraction of sp³-hybridized carbons (Fsp3) is 0.788. The van der Waals surface area contributed by atoms with Crippen molar-refractivity contribution in [3.8, 4) is 0 Å². The zero-order valence-corrected chi connectivity index (χ0v) is 24.4. The summed E-state index contributed by atoms with van der Waals surface area (Å²) in [5, 5.41) is 21.0. The van der Waals surface area contributed by atoms with Crippen molar-refractivity contribution >= 4 is 5.97 Å². The molecule has 0 spiro atoms. The van der Waals surface area contributed by atoms with Gasteiger partial charge in [0, 0.05) is 24.8 Å². The lowest BCUT2D eigenvalue weighted by atomic mass is 9.43. The van der Waals surface area contributed by atoms with Gasteiger partial charge in [-0.15, -0.1) is 0 Å². The first kappa shape index (κ1) is 29.9. The average molecular weight is 565 g/mol. The van der Waals surface area contributed by atoms with Crippen molar-refractivity contribution in [2.45, 2.75) is 116 Å². The number of benzene rings is 1. The highest BCUT2D eigenvalue weighted by atomic mass is 19.3. The second kappa shape index (κ2) is 10.9. The van der Waals surface area contributed by atoms with Crippen molar-refractivity contribution in [1.82, 2.24) is 0 Å². The van der Waals surface area contributed by atoms with Crippen LogP contribution in [0.5, 0.6) is 0 Å². The molecule has 4 aliphatic rings. The lowest BCUT2D eigenvalue weighted by Crippen LogP contribution is -2.64. The van der Waals surface area contributed by atoms with Crippen molar-refractivity contribution in [2.24, 2.45) is 46.3 Å². The summed E-state index contributed by atoms with van der Waals surface area (Å²) in [6, 6.07) is 6.40. The third kappa shape index (κ3) is 5.01. The van der Waals surface area contributed by atoms with E-state index in [0.717, 1.165) is 38.5 Å². The van der Waals surface area contributed by atoms with Crippen LogP contribution in [0.15, 0.2) is 24.3 Å². The number of alkyl halides is 2. The topological polar surface area (TPSA) is 66.8 Å². The van der Waals surface area contributed by atoms with Gasteiger partial charge >= 0.3 is 5.97 Å². The third-order valence-corrected chi connectivity index (χ3v) is 12.2. The molecule has 1 unspecified atom stereocenters. The minimum absolute atomic E-state index is 0.0531. The van der Waals surface area contributed by atoms with Gasteiger partial charge in [0.1, 0.15) is 11.9 Å². The van der Waals surface area contributed by atoms with Crippen LogP contribution in [0.25, 0.3) is 0 Å². The first-order valence-electron chi connectivity index (χ1n) is 15.4. The molecule has 224 valence electrons. The lowest BCUT2D eigenvalue weighted by Gasteiger charge is -2.63. The number of rotatable bonds is 7. The predicted molar refractivity (Wildman–Crippen MR) is 147 cm³/mol. The Kier molecular flexibility index (Phi) is 8.15. The van der Waals surface area contributed by atoms with Crippen LogP contribution in [0, 0.1) is 52.2 Å². The fourth-order valence-corrected chi connectivity index (χ4v) is 10.2. The van der Waals surface area contributed by atoms with Crippen LogP contribution in [-0.2, 0) is 9.53 Å². The van der Waals surface area contributed by atoms with E-state index in [4.69, 9.17) is 4.74 Å². The summed E-state index contributed by atoms with van der Waals surface area (Å²) in [5.41, 5.74) is -0.141. The van der Waals surface area contributed by atoms with Crippen LogP contribution in [-0.4, -0.2) is 34.3 Å². The fourth-order valence-electron chi connectivity index (χ4n) is 10.2. The number of esters is 1. The SMILES string of the molecule is CC(=O)OC(CCC[C@@H](C)[C@H]1CC[C@H]2[C@H]3[C@H](CC[C@]12C)[C@@]1(C)CC[C@H](O)[C@H](O)[C@@H]1CC3(F)F)c1ccccc1F. The molecule has 4 fully saturated rings. The number of hydrogen-bond donors (Lipinski definition) is 2. The molecule has 0 heterocycles. The second-order valence-corrected chi connectivity index (χ2v) is 14.2. The maximum atomic E-state index is 16.0. The lowest BCUT2D eigenvalue weighted by molar-refractivity contribution is -0.258. The molecule has 11 atom stereocenters. The molecule has 0 aliphatic heterocycles. The van der Waals surface area contributed by atoms with E-state index in [1.165, 1.54) is 13.0 Å². The third-order valence-electron chi connectivity index (χ3n) is 12.2. The molecular weight excluding hydrogens is 517 g/mol. The molecule has 5 rings (SSSR count). The molecule has 40 heavy (non-hydrogen) atoms. The van der Waals surface area contributed by atoms with Crippen molar-refractivity contribution in [3.05, 3.63) is 35.6 Å². The van der Waals surface area contributed by atoms with Gasteiger partial charge in [-0.1, -0.05) is 45.4 Å². The molecule has 0 radical (unpaired) electrons. The molecule has 0 amide bonds. The molecule has 4 aliphatic carbocycles. The Morgan fingerprint density at radius 1 is 1.00 bits per heavy atom. The van der Waals surface area contributed by atoms with E-state index >= 15 is 8.78 Å². The molecule has 7 heteroatoms. The van der Waals surface area contributed by atoms with Gasteiger partial charge in [-0.2, -0.15) is 0 Å². The maximum absolute atomic E-state index is 16.0. The minimum Gasteiger partial charge on any atom is -0.458 e. The van der Waals surface area contributed by atoms with E-state index in [-0.39, 0.29) is 34.9 Å². The molecule has 0 saturated heterocycles. The van der Waals surface area contributed by atoms with Gasteiger partial charge < -0.3 is 14.9 Å². The number of carbonyl (C=O) groups excluding carboxylic acids is 1. The highest BCUT2D eigenvalue weighted by Crippen LogP contribution is 2.71. The van der Waals surface area contributed by atoms with Crippen LogP contribution in [0.4, 0.5) is 13.2 Å². The Bertz CT molecular complexity index is 1080. The van der Waals surface area contributed by atoms with Crippen LogP contribution >= 0.6 is 0 Å². The molecular formula is C33H47F3O4. The number of aliphatic hydroxyl groups is 2. The molecule has 4 saturated carbocycles. The van der Waals surface area contributed by atoms with E-state index in [2.05, 4.69) is 20.8 Å². The molecule has 0 aromatic heterocycles. The number of halogens is 3.